The molecule has 1 aliphatic rings. The third-order valence-electron chi connectivity index (χ3n) is 5.78. The first-order chi connectivity index (χ1) is 15.5. The van der Waals surface area contributed by atoms with Gasteiger partial charge in [-0.2, -0.15) is 5.26 Å². The first-order valence-electron chi connectivity index (χ1n) is 10.7. The van der Waals surface area contributed by atoms with Gasteiger partial charge < -0.3 is 9.88 Å². The highest BCUT2D eigenvalue weighted by molar-refractivity contribution is 9.10. The lowest BCUT2D eigenvalue weighted by Gasteiger charge is -2.20. The summed E-state index contributed by atoms with van der Waals surface area (Å²) in [5.74, 6) is 1.54. The van der Waals surface area contributed by atoms with Crippen LogP contribution in [-0.4, -0.2) is 26.4 Å². The minimum atomic E-state index is -0.131. The summed E-state index contributed by atoms with van der Waals surface area (Å²) < 4.78 is 3.02. The van der Waals surface area contributed by atoms with Gasteiger partial charge in [0.15, 0.2) is 11.0 Å². The van der Waals surface area contributed by atoms with Crippen molar-refractivity contribution in [3.05, 3.63) is 44.7 Å². The number of amides is 1. The molecule has 0 spiro atoms. The first kappa shape index (κ1) is 23.0. The van der Waals surface area contributed by atoms with Crippen LogP contribution in [0.25, 0.3) is 11.4 Å². The number of fused-ring (bicyclic) bond motifs is 1. The highest BCUT2D eigenvalue weighted by atomic mass is 79.9. The average Bonchev–Trinajstić information content (AvgIpc) is 3.37. The molecule has 0 saturated heterocycles. The number of halogens is 1. The van der Waals surface area contributed by atoms with Crippen molar-refractivity contribution in [2.75, 3.05) is 11.1 Å². The number of carbonyl (C=O) groups is 1. The molecule has 0 aliphatic heterocycles. The third-order valence-corrected chi connectivity index (χ3v) is 8.44. The summed E-state index contributed by atoms with van der Waals surface area (Å²) in [7, 11) is 0. The van der Waals surface area contributed by atoms with Gasteiger partial charge >= 0.3 is 0 Å². The van der Waals surface area contributed by atoms with Crippen LogP contribution in [-0.2, 0) is 24.2 Å². The Kier molecular flexibility index (Phi) is 7.33. The summed E-state index contributed by atoms with van der Waals surface area (Å²) in [5.41, 5.74) is 2.76. The van der Waals surface area contributed by atoms with Gasteiger partial charge in [0.1, 0.15) is 11.1 Å². The fourth-order valence-electron chi connectivity index (χ4n) is 3.99. The number of anilines is 1. The van der Waals surface area contributed by atoms with Crippen LogP contribution in [0.5, 0.6) is 0 Å². The molecule has 2 aromatic heterocycles. The van der Waals surface area contributed by atoms with Gasteiger partial charge in [-0.25, -0.2) is 0 Å². The predicted octanol–water partition coefficient (Wildman–Crippen LogP) is 5.91. The van der Waals surface area contributed by atoms with Crippen molar-refractivity contribution in [2.45, 2.75) is 51.2 Å². The van der Waals surface area contributed by atoms with E-state index in [1.54, 1.807) is 11.3 Å². The number of nitriles is 1. The molecule has 32 heavy (non-hydrogen) atoms. The molecule has 1 atom stereocenters. The van der Waals surface area contributed by atoms with E-state index in [2.05, 4.69) is 44.4 Å². The van der Waals surface area contributed by atoms with Crippen LogP contribution in [0.15, 0.2) is 33.9 Å². The molecule has 166 valence electrons. The molecule has 1 amide bonds. The monoisotopic (exact) mass is 529 g/mol. The van der Waals surface area contributed by atoms with Crippen LogP contribution in [0, 0.1) is 17.2 Å². The van der Waals surface area contributed by atoms with E-state index in [-0.39, 0.29) is 11.7 Å². The second kappa shape index (κ2) is 10.2. The molecule has 1 unspecified atom stereocenters. The van der Waals surface area contributed by atoms with Crippen LogP contribution < -0.4 is 5.32 Å². The van der Waals surface area contributed by atoms with E-state index in [0.717, 1.165) is 47.1 Å². The topological polar surface area (TPSA) is 83.6 Å². The van der Waals surface area contributed by atoms with Gasteiger partial charge in [0, 0.05) is 21.5 Å². The lowest BCUT2D eigenvalue weighted by atomic mass is 9.86. The molecular formula is C23H24BrN5OS2. The van der Waals surface area contributed by atoms with Gasteiger partial charge in [-0.15, -0.1) is 21.5 Å². The van der Waals surface area contributed by atoms with Gasteiger partial charge in [-0.1, -0.05) is 53.2 Å². The fraction of sp³-hybridized carbons (Fsp3) is 0.391. The van der Waals surface area contributed by atoms with Crippen molar-refractivity contribution in [3.8, 4) is 17.5 Å². The molecule has 2 heterocycles. The molecule has 0 bridgehead atoms. The van der Waals surface area contributed by atoms with E-state index in [1.165, 1.54) is 16.6 Å². The predicted molar refractivity (Wildman–Crippen MR) is 133 cm³/mol. The number of hydrogen-bond acceptors (Lipinski definition) is 6. The number of carbonyl (C=O) groups excluding carboxylic acids is 1. The molecule has 0 saturated carbocycles. The SMILES string of the molecule is CCC1CCc2c(sc(NC(=O)CSc3nnc(-c4ccc(Br)cc4)n3CC)c2C#N)C1. The number of hydrogen-bond donors (Lipinski definition) is 1. The summed E-state index contributed by atoms with van der Waals surface area (Å²) in [6.07, 6.45) is 4.20. The van der Waals surface area contributed by atoms with E-state index in [9.17, 15) is 10.1 Å². The average molecular weight is 531 g/mol. The van der Waals surface area contributed by atoms with E-state index >= 15 is 0 Å². The van der Waals surface area contributed by atoms with Crippen molar-refractivity contribution >= 4 is 49.9 Å². The maximum atomic E-state index is 12.7. The molecule has 6 nitrogen and oxygen atoms in total. The number of benzene rings is 1. The second-order valence-electron chi connectivity index (χ2n) is 7.73. The van der Waals surface area contributed by atoms with Crippen molar-refractivity contribution < 1.29 is 4.79 Å². The Bertz CT molecular complexity index is 1160. The third kappa shape index (κ3) is 4.77. The van der Waals surface area contributed by atoms with Crippen LogP contribution in [0.1, 0.15) is 42.7 Å². The second-order valence-corrected chi connectivity index (χ2v) is 10.7. The maximum Gasteiger partial charge on any atom is 0.235 e. The summed E-state index contributed by atoms with van der Waals surface area (Å²) in [6, 6.07) is 10.2. The summed E-state index contributed by atoms with van der Waals surface area (Å²) in [5, 5.41) is 22.7. The lowest BCUT2D eigenvalue weighted by molar-refractivity contribution is -0.113. The molecule has 0 radical (unpaired) electrons. The fourth-order valence-corrected chi connectivity index (χ4v) is 6.39. The smallest absolute Gasteiger partial charge is 0.235 e. The normalized spacial score (nSPS) is 15.2. The number of aromatic nitrogens is 3. The molecule has 4 rings (SSSR count). The van der Waals surface area contributed by atoms with E-state index < -0.39 is 0 Å². The van der Waals surface area contributed by atoms with Crippen LogP contribution in [0.4, 0.5) is 5.00 Å². The zero-order chi connectivity index (χ0) is 22.7. The van der Waals surface area contributed by atoms with Crippen molar-refractivity contribution in [1.82, 2.24) is 14.8 Å². The lowest BCUT2D eigenvalue weighted by Crippen LogP contribution is -2.15. The number of thioether (sulfide) groups is 1. The zero-order valence-electron chi connectivity index (χ0n) is 18.0. The molecule has 3 aromatic rings. The molecule has 1 aromatic carbocycles. The first-order valence-corrected chi connectivity index (χ1v) is 13.3. The standard InChI is InChI=1S/C23H24BrN5OS2/c1-3-14-5-10-17-18(12-25)22(32-19(17)11-14)26-20(30)13-31-23-28-27-21(29(23)4-2)15-6-8-16(24)9-7-15/h6-9,14H,3-5,10-11,13H2,1-2H3,(H,26,30). The van der Waals surface area contributed by atoms with Gasteiger partial charge in [0.25, 0.3) is 0 Å². The summed E-state index contributed by atoms with van der Waals surface area (Å²) in [6.45, 7) is 4.96. The van der Waals surface area contributed by atoms with Crippen molar-refractivity contribution in [3.63, 3.8) is 0 Å². The molecule has 1 aliphatic carbocycles. The van der Waals surface area contributed by atoms with Crippen LogP contribution in [0.2, 0.25) is 0 Å². The minimum Gasteiger partial charge on any atom is -0.316 e. The molecule has 9 heteroatoms. The number of nitrogens with one attached hydrogen (secondary N) is 1. The largest absolute Gasteiger partial charge is 0.316 e. The Morgan fingerprint density at radius 2 is 2.12 bits per heavy atom. The molecular weight excluding hydrogens is 506 g/mol. The van der Waals surface area contributed by atoms with Crippen molar-refractivity contribution in [1.29, 1.82) is 5.26 Å². The molecule has 1 N–H and O–H groups in total. The summed E-state index contributed by atoms with van der Waals surface area (Å²) in [4.78, 5) is 14.0. The van der Waals surface area contributed by atoms with Gasteiger partial charge in [0.05, 0.1) is 11.3 Å². The minimum absolute atomic E-state index is 0.131. The highest BCUT2D eigenvalue weighted by Crippen LogP contribution is 2.40. The summed E-state index contributed by atoms with van der Waals surface area (Å²) >= 11 is 6.38. The maximum absolute atomic E-state index is 12.7. The zero-order valence-corrected chi connectivity index (χ0v) is 21.2. The van der Waals surface area contributed by atoms with E-state index in [0.29, 0.717) is 28.2 Å². The van der Waals surface area contributed by atoms with E-state index in [4.69, 9.17) is 0 Å². The Morgan fingerprint density at radius 1 is 1.34 bits per heavy atom. The Hall–Kier alpha value is -2.15. The molecule has 0 fully saturated rings. The van der Waals surface area contributed by atoms with E-state index in [1.807, 2.05) is 35.8 Å². The number of rotatable bonds is 7. The van der Waals surface area contributed by atoms with Crippen LogP contribution in [0.3, 0.4) is 0 Å². The van der Waals surface area contributed by atoms with Gasteiger partial charge in [0.2, 0.25) is 5.91 Å². The quantitative estimate of drug-likeness (QED) is 0.384. The Balaban J connectivity index is 1.45. The van der Waals surface area contributed by atoms with Crippen molar-refractivity contribution in [2.24, 2.45) is 5.92 Å². The van der Waals surface area contributed by atoms with Crippen LogP contribution >= 0.6 is 39.0 Å². The Morgan fingerprint density at radius 3 is 2.81 bits per heavy atom. The van der Waals surface area contributed by atoms with Gasteiger partial charge in [-0.3, -0.25) is 4.79 Å². The number of thiophene rings is 1. The Labute approximate surface area is 204 Å². The highest BCUT2D eigenvalue weighted by Gasteiger charge is 2.26. The van der Waals surface area contributed by atoms with Gasteiger partial charge in [-0.05, 0) is 49.8 Å². The number of nitrogens with zero attached hydrogens (tertiary/aromatic N) is 4.